The van der Waals surface area contributed by atoms with Crippen LogP contribution >= 0.6 is 0 Å². The van der Waals surface area contributed by atoms with E-state index in [1.54, 1.807) is 12.1 Å². The van der Waals surface area contributed by atoms with Gasteiger partial charge in [-0.2, -0.15) is 5.26 Å². The fourth-order valence-corrected chi connectivity index (χ4v) is 0.851. The minimum absolute atomic E-state index is 0.288. The van der Waals surface area contributed by atoms with E-state index in [2.05, 4.69) is 5.32 Å². The molecule has 1 aromatic rings. The van der Waals surface area contributed by atoms with Crippen LogP contribution in [0, 0.1) is 11.3 Å². The highest BCUT2D eigenvalue weighted by atomic mass is 16.4. The van der Waals surface area contributed by atoms with Crippen LogP contribution in [0.25, 0.3) is 0 Å². The van der Waals surface area contributed by atoms with Gasteiger partial charge in [0.1, 0.15) is 0 Å². The van der Waals surface area contributed by atoms with Gasteiger partial charge in [-0.05, 0) is 18.2 Å². The summed E-state index contributed by atoms with van der Waals surface area (Å²) in [5.41, 5.74) is 0.643. The molecule has 1 aromatic carbocycles. The van der Waals surface area contributed by atoms with Crippen molar-refractivity contribution in [2.75, 3.05) is 5.32 Å². The molecule has 5 heteroatoms. The predicted octanol–water partition coefficient (Wildman–Crippen LogP) is 0.581. The summed E-state index contributed by atoms with van der Waals surface area (Å²) in [5.74, 6) is -2.69. The van der Waals surface area contributed by atoms with Crippen molar-refractivity contribution in [3.63, 3.8) is 0 Å². The first-order chi connectivity index (χ1) is 6.63. The zero-order valence-corrected chi connectivity index (χ0v) is 7.02. The summed E-state index contributed by atoms with van der Waals surface area (Å²) in [5, 5.41) is 18.9. The average Bonchev–Trinajstić information content (AvgIpc) is 2.18. The molecule has 0 unspecified atom stereocenters. The lowest BCUT2D eigenvalue weighted by atomic mass is 10.2. The number of amides is 1. The van der Waals surface area contributed by atoms with E-state index in [1.807, 2.05) is 6.07 Å². The molecule has 0 bridgehead atoms. The summed E-state index contributed by atoms with van der Waals surface area (Å²) in [4.78, 5) is 20.9. The second-order valence-electron chi connectivity index (χ2n) is 2.45. The summed E-state index contributed by atoms with van der Waals surface area (Å²) < 4.78 is 0. The molecule has 0 aromatic heterocycles. The molecule has 1 rings (SSSR count). The highest BCUT2D eigenvalue weighted by Gasteiger charge is 2.10. The van der Waals surface area contributed by atoms with E-state index < -0.39 is 11.9 Å². The van der Waals surface area contributed by atoms with E-state index in [-0.39, 0.29) is 5.69 Å². The zero-order valence-electron chi connectivity index (χ0n) is 7.02. The molecule has 0 fully saturated rings. The Bertz CT molecular complexity index is 420. The standard InChI is InChI=1S/C9H6N2O3/c10-5-6-2-1-3-7(4-6)11-8(12)9(13)14/h1-4H,(H,11,12)(H,13,14). The molecular weight excluding hydrogens is 184 g/mol. The molecule has 0 saturated carbocycles. The SMILES string of the molecule is N#Cc1cccc(NC(=O)C(=O)O)c1. The monoisotopic (exact) mass is 190 g/mol. The maximum absolute atomic E-state index is 10.7. The van der Waals surface area contributed by atoms with Gasteiger partial charge in [0.2, 0.25) is 0 Å². The third kappa shape index (κ3) is 2.32. The van der Waals surface area contributed by atoms with Crippen molar-refractivity contribution in [1.29, 1.82) is 5.26 Å². The van der Waals surface area contributed by atoms with E-state index in [1.165, 1.54) is 12.1 Å². The van der Waals surface area contributed by atoms with Gasteiger partial charge in [0, 0.05) is 5.69 Å². The Hall–Kier alpha value is -2.35. The quantitative estimate of drug-likeness (QED) is 0.634. The molecule has 0 aliphatic rings. The number of nitriles is 1. The summed E-state index contributed by atoms with van der Waals surface area (Å²) >= 11 is 0. The smallest absolute Gasteiger partial charge is 0.394 e. The van der Waals surface area contributed by atoms with Gasteiger partial charge in [0.25, 0.3) is 0 Å². The number of rotatable bonds is 1. The van der Waals surface area contributed by atoms with Crippen molar-refractivity contribution in [2.24, 2.45) is 0 Å². The second-order valence-corrected chi connectivity index (χ2v) is 2.45. The van der Waals surface area contributed by atoms with Crippen molar-refractivity contribution in [2.45, 2.75) is 0 Å². The number of hydrogen-bond acceptors (Lipinski definition) is 3. The van der Waals surface area contributed by atoms with Crippen LogP contribution in [0.2, 0.25) is 0 Å². The van der Waals surface area contributed by atoms with Gasteiger partial charge in [-0.15, -0.1) is 0 Å². The van der Waals surface area contributed by atoms with Gasteiger partial charge in [0.05, 0.1) is 11.6 Å². The number of carboxylic acids is 1. The van der Waals surface area contributed by atoms with Crippen LogP contribution in [0.4, 0.5) is 5.69 Å². The van der Waals surface area contributed by atoms with Crippen LogP contribution in [0.3, 0.4) is 0 Å². The lowest BCUT2D eigenvalue weighted by Crippen LogP contribution is -2.21. The van der Waals surface area contributed by atoms with Crippen molar-refractivity contribution in [3.05, 3.63) is 29.8 Å². The van der Waals surface area contributed by atoms with Gasteiger partial charge in [0.15, 0.2) is 0 Å². The van der Waals surface area contributed by atoms with E-state index >= 15 is 0 Å². The molecule has 0 aliphatic heterocycles. The van der Waals surface area contributed by atoms with Crippen molar-refractivity contribution in [1.82, 2.24) is 0 Å². The van der Waals surface area contributed by atoms with Crippen LogP contribution < -0.4 is 5.32 Å². The summed E-state index contributed by atoms with van der Waals surface area (Å²) in [6, 6.07) is 7.87. The number of carbonyl (C=O) groups excluding carboxylic acids is 1. The second kappa shape index (κ2) is 4.05. The van der Waals surface area contributed by atoms with Gasteiger partial charge in [-0.25, -0.2) is 4.79 Å². The van der Waals surface area contributed by atoms with Crippen LogP contribution in [-0.4, -0.2) is 17.0 Å². The van der Waals surface area contributed by atoms with Crippen LogP contribution in [0.15, 0.2) is 24.3 Å². The Balaban J connectivity index is 2.83. The summed E-state index contributed by atoms with van der Waals surface area (Å²) in [7, 11) is 0. The number of carbonyl (C=O) groups is 2. The van der Waals surface area contributed by atoms with Gasteiger partial charge in [-0.3, -0.25) is 4.79 Å². The van der Waals surface area contributed by atoms with E-state index in [0.29, 0.717) is 5.56 Å². The molecule has 0 spiro atoms. The lowest BCUT2D eigenvalue weighted by Gasteiger charge is -2.00. The van der Waals surface area contributed by atoms with Crippen molar-refractivity contribution >= 4 is 17.6 Å². The van der Waals surface area contributed by atoms with Crippen LogP contribution in [-0.2, 0) is 9.59 Å². The Labute approximate surface area is 79.6 Å². The zero-order chi connectivity index (χ0) is 10.6. The molecule has 0 saturated heterocycles. The first-order valence-corrected chi connectivity index (χ1v) is 3.68. The number of hydrogen-bond donors (Lipinski definition) is 2. The molecule has 70 valence electrons. The fourth-order valence-electron chi connectivity index (χ4n) is 0.851. The Morgan fingerprint density at radius 2 is 2.14 bits per heavy atom. The number of carboxylic acid groups (broad SMARTS) is 1. The Morgan fingerprint density at radius 3 is 2.71 bits per heavy atom. The third-order valence-electron chi connectivity index (χ3n) is 1.44. The minimum atomic E-state index is -1.56. The fraction of sp³-hybridized carbons (Fsp3) is 0. The van der Waals surface area contributed by atoms with E-state index in [9.17, 15) is 9.59 Å². The maximum Gasteiger partial charge on any atom is 0.394 e. The predicted molar refractivity (Wildman–Crippen MR) is 47.4 cm³/mol. The van der Waals surface area contributed by atoms with Gasteiger partial charge >= 0.3 is 11.9 Å². The number of benzene rings is 1. The molecular formula is C9H6N2O3. The highest BCUT2D eigenvalue weighted by Crippen LogP contribution is 2.09. The van der Waals surface area contributed by atoms with Crippen LogP contribution in [0.5, 0.6) is 0 Å². The molecule has 1 amide bonds. The van der Waals surface area contributed by atoms with Crippen LogP contribution in [0.1, 0.15) is 5.56 Å². The Morgan fingerprint density at radius 1 is 1.43 bits per heavy atom. The lowest BCUT2D eigenvalue weighted by molar-refractivity contribution is -0.147. The third-order valence-corrected chi connectivity index (χ3v) is 1.44. The number of anilines is 1. The van der Waals surface area contributed by atoms with Gasteiger partial charge in [-0.1, -0.05) is 6.07 Å². The largest absolute Gasteiger partial charge is 0.474 e. The molecule has 5 nitrogen and oxygen atoms in total. The van der Waals surface area contributed by atoms with E-state index in [0.717, 1.165) is 0 Å². The minimum Gasteiger partial charge on any atom is -0.474 e. The molecule has 0 heterocycles. The number of aliphatic carboxylic acids is 1. The average molecular weight is 190 g/mol. The molecule has 0 aliphatic carbocycles. The summed E-state index contributed by atoms with van der Waals surface area (Å²) in [6.07, 6.45) is 0. The number of nitrogens with one attached hydrogen (secondary N) is 1. The molecule has 14 heavy (non-hydrogen) atoms. The van der Waals surface area contributed by atoms with E-state index in [4.69, 9.17) is 10.4 Å². The maximum atomic E-state index is 10.7. The number of nitrogens with zero attached hydrogens (tertiary/aromatic N) is 1. The molecule has 0 radical (unpaired) electrons. The first-order valence-electron chi connectivity index (χ1n) is 3.68. The first kappa shape index (κ1) is 9.74. The van der Waals surface area contributed by atoms with Crippen molar-refractivity contribution in [3.8, 4) is 6.07 Å². The highest BCUT2D eigenvalue weighted by molar-refractivity contribution is 6.36. The molecule has 2 N–H and O–H groups in total. The molecule has 0 atom stereocenters. The van der Waals surface area contributed by atoms with Gasteiger partial charge < -0.3 is 10.4 Å². The normalized spacial score (nSPS) is 8.79. The topological polar surface area (TPSA) is 90.2 Å². The summed E-state index contributed by atoms with van der Waals surface area (Å²) in [6.45, 7) is 0. The van der Waals surface area contributed by atoms with Crippen molar-refractivity contribution < 1.29 is 14.7 Å². The Kier molecular flexibility index (Phi) is 2.82.